The molecule has 0 atom stereocenters. The monoisotopic (exact) mass is 694 g/mol. The van der Waals surface area contributed by atoms with Crippen molar-refractivity contribution in [1.82, 2.24) is 29.7 Å². The lowest BCUT2D eigenvalue weighted by Crippen LogP contribution is -2.52. The molecule has 6 rings (SSSR count). The van der Waals surface area contributed by atoms with Gasteiger partial charge in [0.15, 0.2) is 5.82 Å². The van der Waals surface area contributed by atoms with Crippen LogP contribution in [0.3, 0.4) is 0 Å². The Labute approximate surface area is 287 Å². The van der Waals surface area contributed by atoms with Crippen molar-refractivity contribution in [2.45, 2.75) is 32.7 Å². The molecule has 2 saturated heterocycles. The standard InChI is InChI=1S/C33H43ClN10O3S/c1-6-44(48(5,45)46)31-26(8-7-25-30(31)36-12-11-35-25)38-32-24(34)21-37-33(40-32)39-27-19-22(2)28(20-29(27)47-4)43-13-9-23(10-14-43)42-17-15-41(3)16-18-42/h7-8,11-12,19-21,23H,6,9-10,13-18H2,1-5H3,(H2,37,38,39,40). The van der Waals surface area contributed by atoms with E-state index in [1.807, 2.05) is 0 Å². The molecule has 0 radical (unpaired) electrons. The van der Waals surface area contributed by atoms with Gasteiger partial charge in [0, 0.05) is 76.0 Å². The summed E-state index contributed by atoms with van der Waals surface area (Å²) in [5, 5.41) is 6.78. The zero-order valence-corrected chi connectivity index (χ0v) is 29.6. The maximum absolute atomic E-state index is 12.8. The highest BCUT2D eigenvalue weighted by atomic mass is 35.5. The molecular weight excluding hydrogens is 652 g/mol. The van der Waals surface area contributed by atoms with Gasteiger partial charge in [-0.1, -0.05) is 11.6 Å². The van der Waals surface area contributed by atoms with Crippen LogP contribution in [0.1, 0.15) is 25.3 Å². The van der Waals surface area contributed by atoms with E-state index in [1.165, 1.54) is 16.7 Å². The highest BCUT2D eigenvalue weighted by Crippen LogP contribution is 2.39. The van der Waals surface area contributed by atoms with E-state index in [-0.39, 0.29) is 17.5 Å². The fraction of sp³-hybridized carbons (Fsp3) is 0.455. The largest absolute Gasteiger partial charge is 0.494 e. The van der Waals surface area contributed by atoms with Gasteiger partial charge < -0.3 is 25.2 Å². The molecule has 13 nitrogen and oxygen atoms in total. The van der Waals surface area contributed by atoms with Crippen LogP contribution in [-0.2, 0) is 10.0 Å². The number of piperidine rings is 1. The quantitative estimate of drug-likeness (QED) is 0.235. The van der Waals surface area contributed by atoms with Crippen LogP contribution < -0.4 is 24.6 Å². The minimum Gasteiger partial charge on any atom is -0.494 e. The number of fused-ring (bicyclic) bond motifs is 1. The Hall–Kier alpha value is -3.98. The number of benzene rings is 2. The van der Waals surface area contributed by atoms with E-state index in [0.717, 1.165) is 75.3 Å². The zero-order valence-electron chi connectivity index (χ0n) is 28.1. The van der Waals surface area contributed by atoms with E-state index in [2.05, 4.69) is 71.4 Å². The SMILES string of the molecule is CCN(c1c(Nc2nc(Nc3cc(C)c(N4CCC(N5CCN(C)CC5)CC4)cc3OC)ncc2Cl)ccc2nccnc12)S(C)(=O)=O. The van der Waals surface area contributed by atoms with Crippen LogP contribution in [-0.4, -0.2) is 110 Å². The molecule has 2 aromatic carbocycles. The summed E-state index contributed by atoms with van der Waals surface area (Å²) in [6.45, 7) is 10.6. The summed E-state index contributed by atoms with van der Waals surface area (Å²) >= 11 is 6.57. The number of sulfonamides is 1. The van der Waals surface area contributed by atoms with Gasteiger partial charge in [0.25, 0.3) is 0 Å². The molecule has 2 aliphatic rings. The van der Waals surface area contributed by atoms with Crippen molar-refractivity contribution in [3.05, 3.63) is 53.4 Å². The zero-order chi connectivity index (χ0) is 34.0. The van der Waals surface area contributed by atoms with E-state index in [0.29, 0.717) is 40.0 Å². The summed E-state index contributed by atoms with van der Waals surface area (Å²) in [5.41, 5.74) is 4.79. The van der Waals surface area contributed by atoms with Gasteiger partial charge in [0.05, 0.1) is 36.5 Å². The number of piperazine rings is 1. The van der Waals surface area contributed by atoms with Gasteiger partial charge in [-0.2, -0.15) is 4.98 Å². The number of aromatic nitrogens is 4. The smallest absolute Gasteiger partial charge is 0.232 e. The topological polar surface area (TPSA) is 132 Å². The average molecular weight is 695 g/mol. The Morgan fingerprint density at radius 1 is 1.00 bits per heavy atom. The number of rotatable bonds is 10. The molecule has 0 unspecified atom stereocenters. The molecule has 4 heterocycles. The fourth-order valence-corrected chi connectivity index (χ4v) is 7.76. The maximum Gasteiger partial charge on any atom is 0.232 e. The van der Waals surface area contributed by atoms with E-state index in [1.54, 1.807) is 32.4 Å². The Balaban J connectivity index is 1.23. The second kappa shape index (κ2) is 14.2. The summed E-state index contributed by atoms with van der Waals surface area (Å²) < 4.78 is 32.7. The predicted octanol–water partition coefficient (Wildman–Crippen LogP) is 4.88. The molecule has 0 bridgehead atoms. The Morgan fingerprint density at radius 3 is 2.42 bits per heavy atom. The molecule has 4 aromatic rings. The summed E-state index contributed by atoms with van der Waals surface area (Å²) in [5.74, 6) is 1.25. The third-order valence-corrected chi connectivity index (χ3v) is 10.7. The average Bonchev–Trinajstić information content (AvgIpc) is 3.07. The first-order valence-corrected chi connectivity index (χ1v) is 18.4. The number of nitrogens with zero attached hydrogens (tertiary/aromatic N) is 8. The van der Waals surface area contributed by atoms with Gasteiger partial charge in [-0.05, 0) is 57.5 Å². The minimum absolute atomic E-state index is 0.191. The number of methoxy groups -OCH3 is 1. The molecule has 15 heteroatoms. The van der Waals surface area contributed by atoms with Gasteiger partial charge >= 0.3 is 0 Å². The second-order valence-electron chi connectivity index (χ2n) is 12.4. The van der Waals surface area contributed by atoms with Crippen molar-refractivity contribution in [2.24, 2.45) is 0 Å². The van der Waals surface area contributed by atoms with E-state index < -0.39 is 10.0 Å². The normalized spacial score (nSPS) is 16.7. The summed E-state index contributed by atoms with van der Waals surface area (Å²) in [6, 6.07) is 8.28. The van der Waals surface area contributed by atoms with Gasteiger partial charge in [-0.15, -0.1) is 0 Å². The highest BCUT2D eigenvalue weighted by Gasteiger charge is 2.28. The van der Waals surface area contributed by atoms with Crippen molar-refractivity contribution < 1.29 is 13.2 Å². The predicted molar refractivity (Wildman–Crippen MR) is 193 cm³/mol. The first-order valence-electron chi connectivity index (χ1n) is 16.2. The van der Waals surface area contributed by atoms with E-state index >= 15 is 0 Å². The van der Waals surface area contributed by atoms with Gasteiger partial charge in [-0.25, -0.2) is 13.4 Å². The minimum atomic E-state index is -3.64. The van der Waals surface area contributed by atoms with E-state index in [9.17, 15) is 8.42 Å². The van der Waals surface area contributed by atoms with Crippen LogP contribution in [0.25, 0.3) is 11.0 Å². The number of anilines is 6. The lowest BCUT2D eigenvalue weighted by molar-refractivity contribution is 0.0982. The summed E-state index contributed by atoms with van der Waals surface area (Å²) in [7, 11) is 0.212. The maximum atomic E-state index is 12.8. The first kappa shape index (κ1) is 33.9. The third kappa shape index (κ3) is 7.21. The number of nitrogens with one attached hydrogen (secondary N) is 2. The van der Waals surface area contributed by atoms with Gasteiger partial charge in [0.1, 0.15) is 22.0 Å². The van der Waals surface area contributed by atoms with Crippen LogP contribution in [0.4, 0.5) is 34.5 Å². The molecule has 0 amide bonds. The Morgan fingerprint density at radius 2 is 1.73 bits per heavy atom. The highest BCUT2D eigenvalue weighted by molar-refractivity contribution is 7.92. The molecule has 0 spiro atoms. The lowest BCUT2D eigenvalue weighted by atomic mass is 10.0. The number of likely N-dealkylation sites (N-methyl/N-ethyl adjacent to an activating group) is 1. The molecule has 0 aliphatic carbocycles. The van der Waals surface area contributed by atoms with Crippen LogP contribution in [0, 0.1) is 6.92 Å². The van der Waals surface area contributed by atoms with Gasteiger partial charge in [0.2, 0.25) is 16.0 Å². The number of halogens is 1. The second-order valence-corrected chi connectivity index (χ2v) is 14.7. The van der Waals surface area contributed by atoms with Crippen LogP contribution >= 0.6 is 11.6 Å². The van der Waals surface area contributed by atoms with Crippen molar-refractivity contribution in [1.29, 1.82) is 0 Å². The summed E-state index contributed by atoms with van der Waals surface area (Å²) in [4.78, 5) is 25.4. The molecule has 48 heavy (non-hydrogen) atoms. The molecular formula is C33H43ClN10O3S. The van der Waals surface area contributed by atoms with Crippen LogP contribution in [0.5, 0.6) is 5.75 Å². The molecule has 256 valence electrons. The van der Waals surface area contributed by atoms with Crippen molar-refractivity contribution >= 4 is 67.2 Å². The molecule has 2 aliphatic heterocycles. The fourth-order valence-electron chi connectivity index (χ4n) is 6.64. The lowest BCUT2D eigenvalue weighted by Gasteiger charge is -2.43. The molecule has 0 saturated carbocycles. The Bertz CT molecular complexity index is 1880. The van der Waals surface area contributed by atoms with Crippen molar-refractivity contribution in [3.63, 3.8) is 0 Å². The number of hydrogen-bond acceptors (Lipinski definition) is 12. The van der Waals surface area contributed by atoms with Gasteiger partial charge in [-0.3, -0.25) is 19.2 Å². The molecule has 2 fully saturated rings. The number of hydrogen-bond donors (Lipinski definition) is 2. The summed E-state index contributed by atoms with van der Waals surface area (Å²) in [6.07, 6.45) is 8.04. The van der Waals surface area contributed by atoms with Crippen LogP contribution in [0.2, 0.25) is 5.02 Å². The number of aryl methyl sites for hydroxylation is 1. The van der Waals surface area contributed by atoms with Crippen LogP contribution in [0.15, 0.2) is 42.9 Å². The van der Waals surface area contributed by atoms with Crippen molar-refractivity contribution in [2.75, 3.05) is 86.1 Å². The van der Waals surface area contributed by atoms with Crippen molar-refractivity contribution in [3.8, 4) is 5.75 Å². The van der Waals surface area contributed by atoms with E-state index in [4.69, 9.17) is 16.3 Å². The third-order valence-electron chi connectivity index (χ3n) is 9.17. The molecule has 2 aromatic heterocycles. The Kier molecular flexibility index (Phi) is 10.1. The molecule has 2 N–H and O–H groups in total. The number of ether oxygens (including phenoxy) is 1. The first-order chi connectivity index (χ1) is 23.0.